The molecule has 0 saturated carbocycles. The Kier molecular flexibility index (Phi) is 3.02. The van der Waals surface area contributed by atoms with Crippen LogP contribution in [0.5, 0.6) is 0 Å². The zero-order valence-electron chi connectivity index (χ0n) is 8.73. The molecule has 0 unspecified atom stereocenters. The molecular formula is C12H14N2O. The average Bonchev–Trinajstić information content (AvgIpc) is 2.80. The molecule has 0 aliphatic heterocycles. The van der Waals surface area contributed by atoms with Gasteiger partial charge in [-0.25, -0.2) is 0 Å². The van der Waals surface area contributed by atoms with Gasteiger partial charge in [-0.05, 0) is 30.7 Å². The van der Waals surface area contributed by atoms with E-state index in [0.717, 1.165) is 30.1 Å². The fourth-order valence-electron chi connectivity index (χ4n) is 1.37. The summed E-state index contributed by atoms with van der Waals surface area (Å²) in [5.74, 6) is 0.801. The smallest absolute Gasteiger partial charge is 0.152 e. The van der Waals surface area contributed by atoms with E-state index in [1.54, 1.807) is 12.5 Å². The Morgan fingerprint density at radius 3 is 3.07 bits per heavy atom. The number of nitrogens with zero attached hydrogens (tertiary/aromatic N) is 1. The molecule has 0 aliphatic rings. The maximum Gasteiger partial charge on any atom is 0.152 e. The lowest BCUT2D eigenvalue weighted by molar-refractivity contribution is 0.580. The van der Waals surface area contributed by atoms with Gasteiger partial charge in [-0.2, -0.15) is 0 Å². The maximum absolute atomic E-state index is 5.29. The third-order valence-electron chi connectivity index (χ3n) is 2.11. The lowest BCUT2D eigenvalue weighted by atomic mass is 10.2. The van der Waals surface area contributed by atoms with Crippen LogP contribution in [0.15, 0.2) is 41.1 Å². The van der Waals surface area contributed by atoms with Crippen molar-refractivity contribution in [2.24, 2.45) is 0 Å². The number of nitrogens with one attached hydrogen (secondary N) is 1. The van der Waals surface area contributed by atoms with E-state index >= 15 is 0 Å². The molecule has 2 aromatic rings. The Morgan fingerprint density at radius 2 is 2.33 bits per heavy atom. The maximum atomic E-state index is 5.29. The first-order valence-corrected chi connectivity index (χ1v) is 5.14. The summed E-state index contributed by atoms with van der Waals surface area (Å²) >= 11 is 0. The van der Waals surface area contributed by atoms with Crippen LogP contribution in [0.2, 0.25) is 0 Å². The van der Waals surface area contributed by atoms with E-state index in [1.807, 2.05) is 24.3 Å². The van der Waals surface area contributed by atoms with Crippen LogP contribution >= 0.6 is 0 Å². The molecule has 0 saturated heterocycles. The molecular weight excluding hydrogens is 188 g/mol. The van der Waals surface area contributed by atoms with Crippen molar-refractivity contribution in [1.82, 2.24) is 4.98 Å². The van der Waals surface area contributed by atoms with Crippen molar-refractivity contribution in [2.75, 3.05) is 11.9 Å². The van der Waals surface area contributed by atoms with Crippen molar-refractivity contribution in [3.05, 3.63) is 36.7 Å². The van der Waals surface area contributed by atoms with Crippen molar-refractivity contribution in [2.45, 2.75) is 13.3 Å². The first-order chi connectivity index (χ1) is 7.40. The number of furan rings is 1. The van der Waals surface area contributed by atoms with Crippen LogP contribution in [-0.2, 0) is 0 Å². The van der Waals surface area contributed by atoms with Gasteiger partial charge in [0, 0.05) is 18.4 Å². The van der Waals surface area contributed by atoms with Crippen LogP contribution in [-0.4, -0.2) is 11.5 Å². The third kappa shape index (κ3) is 2.37. The van der Waals surface area contributed by atoms with Crippen LogP contribution in [0.3, 0.4) is 0 Å². The molecule has 15 heavy (non-hydrogen) atoms. The minimum Gasteiger partial charge on any atom is -0.463 e. The third-order valence-corrected chi connectivity index (χ3v) is 2.11. The number of pyridine rings is 1. The van der Waals surface area contributed by atoms with Gasteiger partial charge in [0.05, 0.1) is 6.26 Å². The summed E-state index contributed by atoms with van der Waals surface area (Å²) < 4.78 is 5.29. The first-order valence-electron chi connectivity index (χ1n) is 5.14. The van der Waals surface area contributed by atoms with Gasteiger partial charge in [-0.15, -0.1) is 0 Å². The second kappa shape index (κ2) is 4.64. The first kappa shape index (κ1) is 9.77. The molecule has 0 radical (unpaired) electrons. The quantitative estimate of drug-likeness (QED) is 0.827. The topological polar surface area (TPSA) is 38.1 Å². The van der Waals surface area contributed by atoms with E-state index in [0.29, 0.717) is 0 Å². The van der Waals surface area contributed by atoms with Crippen LogP contribution in [0.25, 0.3) is 11.5 Å². The number of hydrogen-bond donors (Lipinski definition) is 1. The minimum atomic E-state index is 0.801. The molecule has 2 aromatic heterocycles. The van der Waals surface area contributed by atoms with E-state index < -0.39 is 0 Å². The standard InChI is InChI=1S/C12H14N2O/c1-2-6-13-10-5-7-14-11(9-10)12-4-3-8-15-12/h3-5,7-9H,2,6H2,1H3,(H,13,14). The lowest BCUT2D eigenvalue weighted by Crippen LogP contribution is -1.99. The van der Waals surface area contributed by atoms with Gasteiger partial charge in [0.2, 0.25) is 0 Å². The number of hydrogen-bond acceptors (Lipinski definition) is 3. The molecule has 3 heteroatoms. The van der Waals surface area contributed by atoms with Crippen molar-refractivity contribution in [1.29, 1.82) is 0 Å². The summed E-state index contributed by atoms with van der Waals surface area (Å²) in [6.07, 6.45) is 4.55. The van der Waals surface area contributed by atoms with Crippen LogP contribution in [0, 0.1) is 0 Å². The molecule has 0 aromatic carbocycles. The van der Waals surface area contributed by atoms with E-state index in [-0.39, 0.29) is 0 Å². The summed E-state index contributed by atoms with van der Waals surface area (Å²) in [5.41, 5.74) is 1.94. The molecule has 3 nitrogen and oxygen atoms in total. The second-order valence-electron chi connectivity index (χ2n) is 3.33. The van der Waals surface area contributed by atoms with Gasteiger partial charge in [0.1, 0.15) is 5.69 Å². The molecule has 0 spiro atoms. The Bertz CT molecular complexity index is 409. The van der Waals surface area contributed by atoms with Crippen LogP contribution in [0.4, 0.5) is 5.69 Å². The molecule has 0 amide bonds. The minimum absolute atomic E-state index is 0.801. The van der Waals surface area contributed by atoms with E-state index in [1.165, 1.54) is 0 Å². The number of aromatic nitrogens is 1. The fraction of sp³-hybridized carbons (Fsp3) is 0.250. The van der Waals surface area contributed by atoms with E-state index in [4.69, 9.17) is 4.42 Å². The van der Waals surface area contributed by atoms with E-state index in [9.17, 15) is 0 Å². The zero-order valence-corrected chi connectivity index (χ0v) is 8.73. The summed E-state index contributed by atoms with van der Waals surface area (Å²) in [5, 5.41) is 3.31. The van der Waals surface area contributed by atoms with Crippen LogP contribution in [0.1, 0.15) is 13.3 Å². The highest BCUT2D eigenvalue weighted by Crippen LogP contribution is 2.20. The van der Waals surface area contributed by atoms with Gasteiger partial charge in [-0.3, -0.25) is 4.98 Å². The number of anilines is 1. The average molecular weight is 202 g/mol. The van der Waals surface area contributed by atoms with Gasteiger partial charge >= 0.3 is 0 Å². The zero-order chi connectivity index (χ0) is 10.5. The van der Waals surface area contributed by atoms with Crippen molar-refractivity contribution in [3.8, 4) is 11.5 Å². The molecule has 0 bridgehead atoms. The number of rotatable bonds is 4. The van der Waals surface area contributed by atoms with Gasteiger partial charge in [0.15, 0.2) is 5.76 Å². The van der Waals surface area contributed by atoms with E-state index in [2.05, 4.69) is 17.2 Å². The second-order valence-corrected chi connectivity index (χ2v) is 3.33. The normalized spacial score (nSPS) is 10.2. The molecule has 78 valence electrons. The Labute approximate surface area is 89.1 Å². The highest BCUT2D eigenvalue weighted by molar-refractivity contribution is 5.59. The lowest BCUT2D eigenvalue weighted by Gasteiger charge is -2.04. The largest absolute Gasteiger partial charge is 0.463 e. The van der Waals surface area contributed by atoms with Gasteiger partial charge in [0.25, 0.3) is 0 Å². The molecule has 0 fully saturated rings. The Balaban J connectivity index is 2.19. The summed E-state index contributed by atoms with van der Waals surface area (Å²) in [6.45, 7) is 3.11. The molecule has 1 N–H and O–H groups in total. The highest BCUT2D eigenvalue weighted by Gasteiger charge is 2.02. The Hall–Kier alpha value is -1.77. The molecule has 0 atom stereocenters. The molecule has 2 heterocycles. The summed E-state index contributed by atoms with van der Waals surface area (Å²) in [4.78, 5) is 4.26. The van der Waals surface area contributed by atoms with Crippen LogP contribution < -0.4 is 5.32 Å². The highest BCUT2D eigenvalue weighted by atomic mass is 16.3. The van der Waals surface area contributed by atoms with Crippen molar-refractivity contribution < 1.29 is 4.42 Å². The van der Waals surface area contributed by atoms with Gasteiger partial charge in [-0.1, -0.05) is 6.92 Å². The predicted octanol–water partition coefficient (Wildman–Crippen LogP) is 3.16. The fourth-order valence-corrected chi connectivity index (χ4v) is 1.37. The summed E-state index contributed by atoms with van der Waals surface area (Å²) in [7, 11) is 0. The predicted molar refractivity (Wildman–Crippen MR) is 60.7 cm³/mol. The van der Waals surface area contributed by atoms with Crippen molar-refractivity contribution in [3.63, 3.8) is 0 Å². The molecule has 0 aliphatic carbocycles. The SMILES string of the molecule is CCCNc1ccnc(-c2ccco2)c1. The molecule has 2 rings (SSSR count). The summed E-state index contributed by atoms with van der Waals surface area (Å²) in [6, 6.07) is 7.73. The monoisotopic (exact) mass is 202 g/mol. The van der Waals surface area contributed by atoms with Crippen molar-refractivity contribution >= 4 is 5.69 Å². The van der Waals surface area contributed by atoms with Gasteiger partial charge < -0.3 is 9.73 Å². The Morgan fingerprint density at radius 1 is 1.40 bits per heavy atom.